The number of anilines is 1. The molecule has 6 nitrogen and oxygen atoms in total. The van der Waals surface area contributed by atoms with Crippen molar-refractivity contribution in [3.63, 3.8) is 0 Å². The predicted molar refractivity (Wildman–Crippen MR) is 151 cm³/mol. The van der Waals surface area contributed by atoms with E-state index >= 15 is 0 Å². The van der Waals surface area contributed by atoms with Gasteiger partial charge in [-0.25, -0.2) is 0 Å². The molecular formula is C32H37NO5. The van der Waals surface area contributed by atoms with Gasteiger partial charge in [-0.15, -0.1) is 0 Å². The summed E-state index contributed by atoms with van der Waals surface area (Å²) in [5.41, 5.74) is 4.84. The van der Waals surface area contributed by atoms with E-state index in [4.69, 9.17) is 14.2 Å². The molecule has 1 amide bonds. The normalized spacial score (nSPS) is 15.4. The van der Waals surface area contributed by atoms with E-state index in [1.165, 1.54) is 0 Å². The average Bonchev–Trinajstić information content (AvgIpc) is 3.13. The van der Waals surface area contributed by atoms with Crippen LogP contribution in [-0.2, 0) is 4.79 Å². The van der Waals surface area contributed by atoms with Gasteiger partial charge in [0.2, 0.25) is 0 Å². The van der Waals surface area contributed by atoms with Crippen molar-refractivity contribution < 1.29 is 24.1 Å². The van der Waals surface area contributed by atoms with Crippen LogP contribution in [0.2, 0.25) is 0 Å². The molecule has 0 bridgehead atoms. The minimum absolute atomic E-state index is 0.0229. The first-order valence-electron chi connectivity index (χ1n) is 13.2. The van der Waals surface area contributed by atoms with Crippen molar-refractivity contribution in [1.29, 1.82) is 0 Å². The van der Waals surface area contributed by atoms with Crippen molar-refractivity contribution in [1.82, 2.24) is 0 Å². The molecule has 1 aliphatic rings. The second-order valence-electron chi connectivity index (χ2n) is 9.87. The number of ether oxygens (including phenoxy) is 3. The first-order chi connectivity index (χ1) is 18.2. The summed E-state index contributed by atoms with van der Waals surface area (Å²) >= 11 is 0. The van der Waals surface area contributed by atoms with Crippen LogP contribution in [0.4, 0.5) is 5.69 Å². The highest BCUT2D eigenvalue weighted by Crippen LogP contribution is 2.47. The first-order valence-corrected chi connectivity index (χ1v) is 13.2. The van der Waals surface area contributed by atoms with Crippen molar-refractivity contribution >= 4 is 17.2 Å². The SMILES string of the molecule is CCCOc1cccc(C2=C(O)C(=O)N(c3cc(C)cc(C)c3)C2c2ccc(OC(C)C)c(OCC)c2)c1. The Hall–Kier alpha value is -3.93. The molecule has 0 saturated carbocycles. The van der Waals surface area contributed by atoms with Crippen LogP contribution in [0.3, 0.4) is 0 Å². The molecule has 0 saturated heterocycles. The van der Waals surface area contributed by atoms with Crippen molar-refractivity contribution in [2.24, 2.45) is 0 Å². The standard InChI is InChI=1S/C32H37NO5/c1-7-14-37-26-11-9-10-23(18-26)29-30(24-12-13-27(38-20(3)4)28(19-24)36-8-2)33(32(35)31(29)34)25-16-21(5)15-22(6)17-25/h9-13,15-20,30,34H,7-8,14H2,1-6H3. The molecule has 1 heterocycles. The topological polar surface area (TPSA) is 68.2 Å². The number of rotatable bonds is 10. The average molecular weight is 516 g/mol. The molecule has 1 unspecified atom stereocenters. The van der Waals surface area contributed by atoms with Gasteiger partial charge in [0, 0.05) is 11.3 Å². The summed E-state index contributed by atoms with van der Waals surface area (Å²) in [6, 6.07) is 18.7. The Labute approximate surface area is 225 Å². The number of amides is 1. The van der Waals surface area contributed by atoms with Gasteiger partial charge >= 0.3 is 0 Å². The third-order valence-corrected chi connectivity index (χ3v) is 6.26. The summed E-state index contributed by atoms with van der Waals surface area (Å²) in [5, 5.41) is 11.3. The van der Waals surface area contributed by atoms with Crippen LogP contribution in [0.25, 0.3) is 5.57 Å². The first kappa shape index (κ1) is 27.1. The molecule has 6 heteroatoms. The van der Waals surface area contributed by atoms with E-state index < -0.39 is 11.9 Å². The van der Waals surface area contributed by atoms with Gasteiger partial charge in [-0.1, -0.05) is 31.2 Å². The maximum atomic E-state index is 13.7. The predicted octanol–water partition coefficient (Wildman–Crippen LogP) is 7.34. The number of carbonyl (C=O) groups is 1. The number of aliphatic hydroxyl groups excluding tert-OH is 1. The number of nitrogens with zero attached hydrogens (tertiary/aromatic N) is 1. The lowest BCUT2D eigenvalue weighted by molar-refractivity contribution is -0.117. The molecule has 0 fully saturated rings. The number of aryl methyl sites for hydroxylation is 2. The lowest BCUT2D eigenvalue weighted by atomic mass is 9.92. The zero-order valence-electron chi connectivity index (χ0n) is 23.1. The summed E-state index contributed by atoms with van der Waals surface area (Å²) < 4.78 is 17.8. The van der Waals surface area contributed by atoms with Crippen LogP contribution in [0, 0.1) is 13.8 Å². The van der Waals surface area contributed by atoms with Gasteiger partial charge in [0.1, 0.15) is 5.75 Å². The van der Waals surface area contributed by atoms with Crippen LogP contribution in [0.15, 0.2) is 66.4 Å². The monoisotopic (exact) mass is 515 g/mol. The molecule has 38 heavy (non-hydrogen) atoms. The van der Waals surface area contributed by atoms with Gasteiger partial charge in [0.05, 0.1) is 25.4 Å². The van der Waals surface area contributed by atoms with Gasteiger partial charge in [-0.3, -0.25) is 9.69 Å². The highest BCUT2D eigenvalue weighted by atomic mass is 16.5. The van der Waals surface area contributed by atoms with Crippen molar-refractivity contribution in [3.8, 4) is 17.2 Å². The molecule has 3 aromatic carbocycles. The van der Waals surface area contributed by atoms with Crippen LogP contribution in [0.1, 0.15) is 62.4 Å². The van der Waals surface area contributed by atoms with E-state index in [1.807, 2.05) is 96.1 Å². The highest BCUT2D eigenvalue weighted by molar-refractivity contribution is 6.16. The molecule has 0 aromatic heterocycles. The van der Waals surface area contributed by atoms with E-state index in [-0.39, 0.29) is 11.9 Å². The summed E-state index contributed by atoms with van der Waals surface area (Å²) in [6.07, 6.45) is 0.857. The lowest BCUT2D eigenvalue weighted by Gasteiger charge is -2.29. The minimum Gasteiger partial charge on any atom is -0.503 e. The molecular weight excluding hydrogens is 478 g/mol. The summed E-state index contributed by atoms with van der Waals surface area (Å²) in [7, 11) is 0. The zero-order valence-corrected chi connectivity index (χ0v) is 23.1. The number of benzene rings is 3. The number of hydrogen-bond donors (Lipinski definition) is 1. The maximum Gasteiger partial charge on any atom is 0.294 e. The molecule has 4 rings (SSSR count). The quantitative estimate of drug-likeness (QED) is 0.306. The molecule has 1 aliphatic heterocycles. The summed E-state index contributed by atoms with van der Waals surface area (Å²) in [5.74, 6) is 1.20. The Bertz CT molecular complexity index is 1320. The molecule has 0 radical (unpaired) electrons. The zero-order chi connectivity index (χ0) is 27.4. The van der Waals surface area contributed by atoms with Crippen LogP contribution in [-0.4, -0.2) is 30.3 Å². The maximum absolute atomic E-state index is 13.7. The van der Waals surface area contributed by atoms with Gasteiger partial charge < -0.3 is 19.3 Å². The van der Waals surface area contributed by atoms with Gasteiger partial charge in [-0.05, 0) is 99.7 Å². The van der Waals surface area contributed by atoms with E-state index in [0.29, 0.717) is 36.0 Å². The van der Waals surface area contributed by atoms with E-state index in [2.05, 4.69) is 6.07 Å². The van der Waals surface area contributed by atoms with Gasteiger partial charge in [0.15, 0.2) is 17.3 Å². The Balaban J connectivity index is 1.90. The van der Waals surface area contributed by atoms with E-state index in [0.717, 1.165) is 34.4 Å². The second-order valence-corrected chi connectivity index (χ2v) is 9.87. The summed E-state index contributed by atoms with van der Waals surface area (Å²) in [4.78, 5) is 15.4. The van der Waals surface area contributed by atoms with Crippen molar-refractivity contribution in [2.75, 3.05) is 18.1 Å². The van der Waals surface area contributed by atoms with Crippen LogP contribution in [0.5, 0.6) is 17.2 Å². The fourth-order valence-corrected chi connectivity index (χ4v) is 4.86. The largest absolute Gasteiger partial charge is 0.503 e. The molecule has 3 aromatic rings. The van der Waals surface area contributed by atoms with Crippen molar-refractivity contribution in [2.45, 2.75) is 60.1 Å². The van der Waals surface area contributed by atoms with E-state index in [1.54, 1.807) is 4.90 Å². The second kappa shape index (κ2) is 11.6. The van der Waals surface area contributed by atoms with Crippen LogP contribution < -0.4 is 19.1 Å². The molecule has 0 spiro atoms. The fraction of sp³-hybridized carbons (Fsp3) is 0.344. The van der Waals surface area contributed by atoms with Crippen LogP contribution >= 0.6 is 0 Å². The van der Waals surface area contributed by atoms with Gasteiger partial charge in [0.25, 0.3) is 5.91 Å². The lowest BCUT2D eigenvalue weighted by Crippen LogP contribution is -2.30. The van der Waals surface area contributed by atoms with Gasteiger partial charge in [-0.2, -0.15) is 0 Å². The number of hydrogen-bond acceptors (Lipinski definition) is 5. The Morgan fingerprint density at radius 2 is 1.66 bits per heavy atom. The Kier molecular flexibility index (Phi) is 8.30. The Morgan fingerprint density at radius 3 is 2.32 bits per heavy atom. The minimum atomic E-state index is -0.586. The highest BCUT2D eigenvalue weighted by Gasteiger charge is 2.42. The third-order valence-electron chi connectivity index (χ3n) is 6.26. The molecule has 1 N–H and O–H groups in total. The Morgan fingerprint density at radius 1 is 0.921 bits per heavy atom. The molecule has 200 valence electrons. The number of carbonyl (C=O) groups excluding carboxylic acids is 1. The molecule has 0 aliphatic carbocycles. The van der Waals surface area contributed by atoms with E-state index in [9.17, 15) is 9.90 Å². The fourth-order valence-electron chi connectivity index (χ4n) is 4.86. The smallest absolute Gasteiger partial charge is 0.294 e. The number of aliphatic hydroxyl groups is 1. The van der Waals surface area contributed by atoms with Crippen molar-refractivity contribution in [3.05, 3.63) is 88.7 Å². The third kappa shape index (κ3) is 5.64. The summed E-state index contributed by atoms with van der Waals surface area (Å²) in [6.45, 7) is 13.0. The molecule has 1 atom stereocenters.